The molecule has 0 saturated heterocycles. The summed E-state index contributed by atoms with van der Waals surface area (Å²) in [5, 5.41) is 0. The summed E-state index contributed by atoms with van der Waals surface area (Å²) in [6.45, 7) is 6.01. The molecule has 0 bridgehead atoms. The zero-order valence-electron chi connectivity index (χ0n) is 11.1. The lowest BCUT2D eigenvalue weighted by Gasteiger charge is -2.22. The summed E-state index contributed by atoms with van der Waals surface area (Å²) < 4.78 is 0. The van der Waals surface area contributed by atoms with Gasteiger partial charge in [-0.1, -0.05) is 51.0 Å². The zero-order chi connectivity index (χ0) is 12.9. The normalized spacial score (nSPS) is 14.4. The van der Waals surface area contributed by atoms with Crippen LogP contribution in [0.15, 0.2) is 24.3 Å². The van der Waals surface area contributed by atoms with E-state index in [1.807, 2.05) is 38.1 Å². The van der Waals surface area contributed by atoms with Crippen molar-refractivity contribution in [2.24, 2.45) is 5.73 Å². The first kappa shape index (κ1) is 13.9. The van der Waals surface area contributed by atoms with Crippen LogP contribution in [-0.4, -0.2) is 11.3 Å². The molecule has 1 unspecified atom stereocenters. The summed E-state index contributed by atoms with van der Waals surface area (Å²) in [5.41, 5.74) is 7.32. The minimum absolute atomic E-state index is 0.0439. The summed E-state index contributed by atoms with van der Waals surface area (Å²) >= 11 is 0. The van der Waals surface area contributed by atoms with Crippen LogP contribution in [0, 0.1) is 0 Å². The molecule has 0 heterocycles. The highest BCUT2D eigenvalue weighted by Gasteiger charge is 2.27. The molecule has 0 aliphatic heterocycles. The Kier molecular flexibility index (Phi) is 4.88. The van der Waals surface area contributed by atoms with Crippen molar-refractivity contribution in [1.29, 1.82) is 0 Å². The molecule has 0 amide bonds. The molecule has 0 aliphatic carbocycles. The molecule has 0 radical (unpaired) electrons. The van der Waals surface area contributed by atoms with Crippen molar-refractivity contribution in [3.8, 4) is 0 Å². The van der Waals surface area contributed by atoms with Crippen LogP contribution in [0.25, 0.3) is 0 Å². The number of nitrogens with two attached hydrogens (primary N) is 1. The molecule has 1 aromatic rings. The number of hydrogen-bond acceptors (Lipinski definition) is 2. The van der Waals surface area contributed by atoms with Gasteiger partial charge >= 0.3 is 0 Å². The van der Waals surface area contributed by atoms with Gasteiger partial charge in [0, 0.05) is 5.56 Å². The molecule has 94 valence electrons. The van der Waals surface area contributed by atoms with Crippen LogP contribution in [-0.2, 0) is 6.42 Å². The highest BCUT2D eigenvalue weighted by atomic mass is 16.1. The van der Waals surface area contributed by atoms with E-state index in [1.165, 1.54) is 5.56 Å². The Labute approximate surface area is 104 Å². The van der Waals surface area contributed by atoms with Crippen LogP contribution in [0.4, 0.5) is 0 Å². The third-order valence-corrected chi connectivity index (χ3v) is 3.04. The quantitative estimate of drug-likeness (QED) is 0.766. The molecule has 0 saturated carbocycles. The molecule has 17 heavy (non-hydrogen) atoms. The van der Waals surface area contributed by atoms with Crippen molar-refractivity contribution in [3.63, 3.8) is 0 Å². The van der Waals surface area contributed by atoms with E-state index in [4.69, 9.17) is 5.73 Å². The number of aryl methyl sites for hydroxylation is 1. The van der Waals surface area contributed by atoms with Crippen LogP contribution in [0.5, 0.6) is 0 Å². The maximum absolute atomic E-state index is 12.2. The second-order valence-electron chi connectivity index (χ2n) is 4.94. The van der Waals surface area contributed by atoms with Crippen LogP contribution in [0.2, 0.25) is 0 Å². The lowest BCUT2D eigenvalue weighted by Crippen LogP contribution is -2.44. The van der Waals surface area contributed by atoms with Gasteiger partial charge in [0.05, 0.1) is 5.54 Å². The summed E-state index contributed by atoms with van der Waals surface area (Å²) in [6.07, 6.45) is 3.83. The Hall–Kier alpha value is -1.15. The Morgan fingerprint density at radius 2 is 1.76 bits per heavy atom. The molecule has 1 aromatic carbocycles. The molecule has 1 rings (SSSR count). The molecular formula is C15H23NO. The van der Waals surface area contributed by atoms with E-state index in [0.29, 0.717) is 0 Å². The maximum Gasteiger partial charge on any atom is 0.182 e. The first-order valence-corrected chi connectivity index (χ1v) is 6.44. The van der Waals surface area contributed by atoms with Gasteiger partial charge in [-0.3, -0.25) is 4.79 Å². The highest BCUT2D eigenvalue weighted by molar-refractivity contribution is 6.02. The van der Waals surface area contributed by atoms with Crippen molar-refractivity contribution < 1.29 is 4.79 Å². The minimum Gasteiger partial charge on any atom is -0.319 e. The largest absolute Gasteiger partial charge is 0.319 e. The fourth-order valence-corrected chi connectivity index (χ4v) is 2.07. The van der Waals surface area contributed by atoms with Gasteiger partial charge < -0.3 is 5.73 Å². The van der Waals surface area contributed by atoms with Gasteiger partial charge in [0.2, 0.25) is 0 Å². The van der Waals surface area contributed by atoms with Crippen molar-refractivity contribution >= 4 is 5.78 Å². The van der Waals surface area contributed by atoms with E-state index in [-0.39, 0.29) is 5.78 Å². The van der Waals surface area contributed by atoms with Crippen LogP contribution >= 0.6 is 0 Å². The lowest BCUT2D eigenvalue weighted by atomic mass is 9.88. The van der Waals surface area contributed by atoms with Crippen LogP contribution in [0.3, 0.4) is 0 Å². The van der Waals surface area contributed by atoms with Crippen LogP contribution in [0.1, 0.15) is 56.0 Å². The van der Waals surface area contributed by atoms with Gasteiger partial charge in [-0.2, -0.15) is 0 Å². The smallest absolute Gasteiger partial charge is 0.182 e. The molecule has 0 fully saturated rings. The predicted molar refractivity (Wildman–Crippen MR) is 72.3 cm³/mol. The molecule has 0 aromatic heterocycles. The average molecular weight is 233 g/mol. The Balaban J connectivity index is 2.82. The van der Waals surface area contributed by atoms with Gasteiger partial charge in [0.15, 0.2) is 5.78 Å². The Bertz CT molecular complexity index is 365. The minimum atomic E-state index is -0.735. The number of ketones is 1. The molecule has 2 N–H and O–H groups in total. The molecule has 0 spiro atoms. The van der Waals surface area contributed by atoms with Gasteiger partial charge in [0.25, 0.3) is 0 Å². The number of carbonyl (C=O) groups excluding carboxylic acids is 1. The summed E-state index contributed by atoms with van der Waals surface area (Å²) in [5.74, 6) is 0.0439. The SMILES string of the molecule is CCCc1ccc(C(=O)C(C)(N)CCC)cc1. The van der Waals surface area contributed by atoms with Crippen molar-refractivity contribution in [2.75, 3.05) is 0 Å². The van der Waals surface area contributed by atoms with Crippen LogP contribution < -0.4 is 5.73 Å². The molecule has 2 heteroatoms. The fraction of sp³-hybridized carbons (Fsp3) is 0.533. The van der Waals surface area contributed by atoms with E-state index in [1.54, 1.807) is 0 Å². The zero-order valence-corrected chi connectivity index (χ0v) is 11.1. The van der Waals surface area contributed by atoms with Gasteiger partial charge in [-0.05, 0) is 25.3 Å². The predicted octanol–water partition coefficient (Wildman–Crippen LogP) is 3.34. The van der Waals surface area contributed by atoms with Gasteiger partial charge in [-0.15, -0.1) is 0 Å². The second-order valence-corrected chi connectivity index (χ2v) is 4.94. The highest BCUT2D eigenvalue weighted by Crippen LogP contribution is 2.17. The van der Waals surface area contributed by atoms with E-state index in [0.717, 1.165) is 31.2 Å². The number of benzene rings is 1. The Morgan fingerprint density at radius 1 is 1.18 bits per heavy atom. The summed E-state index contributed by atoms with van der Waals surface area (Å²) in [6, 6.07) is 7.85. The second kappa shape index (κ2) is 5.97. The number of rotatable bonds is 6. The molecule has 1 atom stereocenters. The molecule has 2 nitrogen and oxygen atoms in total. The topological polar surface area (TPSA) is 43.1 Å². The van der Waals surface area contributed by atoms with E-state index < -0.39 is 5.54 Å². The number of Topliss-reactive ketones (excluding diaryl/α,β-unsaturated/α-hetero) is 1. The van der Waals surface area contributed by atoms with E-state index >= 15 is 0 Å². The summed E-state index contributed by atoms with van der Waals surface area (Å²) in [7, 11) is 0. The lowest BCUT2D eigenvalue weighted by molar-refractivity contribution is 0.0893. The van der Waals surface area contributed by atoms with E-state index in [9.17, 15) is 4.79 Å². The third-order valence-electron chi connectivity index (χ3n) is 3.04. The van der Waals surface area contributed by atoms with E-state index in [2.05, 4.69) is 6.92 Å². The molecular weight excluding hydrogens is 210 g/mol. The monoisotopic (exact) mass is 233 g/mol. The average Bonchev–Trinajstić information content (AvgIpc) is 2.29. The van der Waals surface area contributed by atoms with Crippen molar-refractivity contribution in [3.05, 3.63) is 35.4 Å². The van der Waals surface area contributed by atoms with Gasteiger partial charge in [0.1, 0.15) is 0 Å². The standard InChI is InChI=1S/C15H23NO/c1-4-6-12-7-9-13(10-8-12)14(17)15(3,16)11-5-2/h7-10H,4-6,11,16H2,1-3H3. The molecule has 0 aliphatic rings. The van der Waals surface area contributed by atoms with Crippen molar-refractivity contribution in [1.82, 2.24) is 0 Å². The summed E-state index contributed by atoms with van der Waals surface area (Å²) in [4.78, 5) is 12.2. The first-order valence-electron chi connectivity index (χ1n) is 6.44. The Morgan fingerprint density at radius 3 is 2.24 bits per heavy atom. The fourth-order valence-electron chi connectivity index (χ4n) is 2.07. The maximum atomic E-state index is 12.2. The third kappa shape index (κ3) is 3.67. The first-order chi connectivity index (χ1) is 8.01. The van der Waals surface area contributed by atoms with Crippen molar-refractivity contribution in [2.45, 2.75) is 52.0 Å². The number of hydrogen-bond donors (Lipinski definition) is 1. The van der Waals surface area contributed by atoms with Gasteiger partial charge in [-0.25, -0.2) is 0 Å². The number of carbonyl (C=O) groups is 1.